The fourth-order valence-corrected chi connectivity index (χ4v) is 4.50. The fourth-order valence-electron chi connectivity index (χ4n) is 3.80. The second-order valence-electron chi connectivity index (χ2n) is 7.67. The highest BCUT2D eigenvalue weighted by molar-refractivity contribution is 7.09. The van der Waals surface area contributed by atoms with E-state index in [1.54, 1.807) is 74.1 Å². The second kappa shape index (κ2) is 10.4. The minimum atomic E-state index is -0.896. The molecule has 9 heteroatoms. The van der Waals surface area contributed by atoms with Crippen molar-refractivity contribution in [1.82, 2.24) is 4.90 Å². The van der Waals surface area contributed by atoms with Crippen LogP contribution in [0.1, 0.15) is 11.3 Å². The van der Waals surface area contributed by atoms with Gasteiger partial charge >= 0.3 is 6.03 Å². The van der Waals surface area contributed by atoms with Gasteiger partial charge in [-0.15, -0.1) is 11.3 Å². The van der Waals surface area contributed by atoms with Crippen LogP contribution < -0.4 is 19.7 Å². The zero-order valence-electron chi connectivity index (χ0n) is 18.9. The van der Waals surface area contributed by atoms with Crippen molar-refractivity contribution in [3.63, 3.8) is 0 Å². The van der Waals surface area contributed by atoms with Crippen molar-refractivity contribution in [1.29, 1.82) is 0 Å². The van der Waals surface area contributed by atoms with E-state index in [0.29, 0.717) is 35.8 Å². The van der Waals surface area contributed by atoms with Crippen LogP contribution in [0.4, 0.5) is 16.2 Å². The number of amides is 4. The molecular formula is C25H25N3O5S. The maximum absolute atomic E-state index is 13.4. The molecule has 0 radical (unpaired) electrons. The lowest BCUT2D eigenvalue weighted by Gasteiger charge is -2.21. The number of hydrogen-bond donors (Lipinski definition) is 1. The first-order valence-electron chi connectivity index (χ1n) is 10.7. The van der Waals surface area contributed by atoms with Crippen LogP contribution in [-0.4, -0.2) is 49.6 Å². The quantitative estimate of drug-likeness (QED) is 0.466. The molecule has 1 aliphatic rings. The molecule has 0 spiro atoms. The van der Waals surface area contributed by atoms with Gasteiger partial charge in [0.25, 0.3) is 5.91 Å². The normalized spacial score (nSPS) is 15.5. The molecule has 0 aliphatic carbocycles. The van der Waals surface area contributed by atoms with E-state index in [2.05, 4.69) is 5.32 Å². The van der Waals surface area contributed by atoms with Gasteiger partial charge < -0.3 is 19.7 Å². The largest absolute Gasteiger partial charge is 0.497 e. The molecule has 2 heterocycles. The van der Waals surface area contributed by atoms with Gasteiger partial charge in [-0.05, 0) is 66.4 Å². The summed E-state index contributed by atoms with van der Waals surface area (Å²) in [4.78, 5) is 43.2. The first-order valence-corrected chi connectivity index (χ1v) is 11.6. The smallest absolute Gasteiger partial charge is 0.332 e. The third-order valence-electron chi connectivity index (χ3n) is 5.58. The Labute approximate surface area is 201 Å². The number of imide groups is 1. The van der Waals surface area contributed by atoms with Crippen molar-refractivity contribution in [3.05, 3.63) is 70.9 Å². The zero-order valence-corrected chi connectivity index (χ0v) is 19.7. The number of methoxy groups -OCH3 is 2. The summed E-state index contributed by atoms with van der Waals surface area (Å²) >= 11 is 1.59. The predicted molar refractivity (Wildman–Crippen MR) is 131 cm³/mol. The highest BCUT2D eigenvalue weighted by Crippen LogP contribution is 2.29. The Morgan fingerprint density at radius 3 is 2.21 bits per heavy atom. The number of rotatable bonds is 9. The van der Waals surface area contributed by atoms with Crippen LogP contribution in [0.3, 0.4) is 0 Å². The monoisotopic (exact) mass is 479 g/mol. The van der Waals surface area contributed by atoms with Crippen molar-refractivity contribution in [2.75, 3.05) is 31.0 Å². The van der Waals surface area contributed by atoms with Crippen molar-refractivity contribution < 1.29 is 23.9 Å². The van der Waals surface area contributed by atoms with Gasteiger partial charge in [-0.1, -0.05) is 6.07 Å². The van der Waals surface area contributed by atoms with Gasteiger partial charge in [0.1, 0.15) is 17.5 Å². The average Bonchev–Trinajstić information content (AvgIpc) is 3.45. The molecule has 4 amide bonds. The molecule has 176 valence electrons. The Bertz CT molecular complexity index is 1150. The first-order chi connectivity index (χ1) is 16.5. The molecule has 1 aliphatic heterocycles. The SMILES string of the molecule is COc1ccc(NC(=O)C[C@H]2C(=O)N(c3ccc(OC)cc3)C(=O)N2CCc2cccs2)cc1. The Morgan fingerprint density at radius 2 is 1.62 bits per heavy atom. The van der Waals surface area contributed by atoms with E-state index in [1.807, 2.05) is 17.5 Å². The van der Waals surface area contributed by atoms with Gasteiger partial charge in [0.15, 0.2) is 0 Å². The summed E-state index contributed by atoms with van der Waals surface area (Å²) < 4.78 is 10.3. The molecule has 0 unspecified atom stereocenters. The third-order valence-corrected chi connectivity index (χ3v) is 6.52. The van der Waals surface area contributed by atoms with E-state index in [0.717, 1.165) is 9.78 Å². The summed E-state index contributed by atoms with van der Waals surface area (Å²) in [6, 6.07) is 16.2. The van der Waals surface area contributed by atoms with Crippen LogP contribution in [0.2, 0.25) is 0 Å². The number of thiophene rings is 1. The number of urea groups is 1. The Hall–Kier alpha value is -3.85. The summed E-state index contributed by atoms with van der Waals surface area (Å²) in [7, 11) is 3.11. The molecule has 1 aromatic heterocycles. The highest BCUT2D eigenvalue weighted by atomic mass is 32.1. The maximum atomic E-state index is 13.4. The molecule has 8 nitrogen and oxygen atoms in total. The predicted octanol–water partition coefficient (Wildman–Crippen LogP) is 4.17. The van der Waals surface area contributed by atoms with Gasteiger partial charge in [-0.25, -0.2) is 9.69 Å². The molecule has 2 aromatic carbocycles. The Balaban J connectivity index is 1.53. The molecule has 4 rings (SSSR count). The lowest BCUT2D eigenvalue weighted by molar-refractivity contribution is -0.124. The molecule has 34 heavy (non-hydrogen) atoms. The number of carbonyl (C=O) groups is 3. The highest BCUT2D eigenvalue weighted by Gasteiger charge is 2.46. The number of benzene rings is 2. The van der Waals surface area contributed by atoms with E-state index in [9.17, 15) is 14.4 Å². The van der Waals surface area contributed by atoms with Gasteiger partial charge in [0.05, 0.1) is 26.3 Å². The van der Waals surface area contributed by atoms with Crippen molar-refractivity contribution in [2.45, 2.75) is 18.9 Å². The topological polar surface area (TPSA) is 88.2 Å². The first kappa shape index (κ1) is 23.3. The lowest BCUT2D eigenvalue weighted by atomic mass is 10.1. The molecule has 3 aromatic rings. The minimum Gasteiger partial charge on any atom is -0.497 e. The van der Waals surface area contributed by atoms with Crippen molar-refractivity contribution in [3.8, 4) is 11.5 Å². The number of ether oxygens (including phenoxy) is 2. The summed E-state index contributed by atoms with van der Waals surface area (Å²) in [6.45, 7) is 0.332. The van der Waals surface area contributed by atoms with Crippen LogP contribution in [0.15, 0.2) is 66.0 Å². The standard InChI is InChI=1S/C25H25N3O5S/c1-32-19-9-5-17(6-10-19)26-23(29)16-22-24(30)28(18-7-11-20(33-2)12-8-18)25(31)27(22)14-13-21-4-3-15-34-21/h3-12,15,22H,13-14,16H2,1-2H3,(H,26,29)/t22-/m0/s1. The number of nitrogens with one attached hydrogen (secondary N) is 1. The summed E-state index contributed by atoms with van der Waals surface area (Å²) in [5.74, 6) is 0.512. The zero-order chi connectivity index (χ0) is 24.1. The number of nitrogens with zero attached hydrogens (tertiary/aromatic N) is 2. The minimum absolute atomic E-state index is 0.145. The average molecular weight is 480 g/mol. The molecule has 1 N–H and O–H groups in total. The Morgan fingerprint density at radius 1 is 0.971 bits per heavy atom. The van der Waals surface area contributed by atoms with E-state index < -0.39 is 18.0 Å². The fraction of sp³-hybridized carbons (Fsp3) is 0.240. The van der Waals surface area contributed by atoms with Gasteiger partial charge in [0, 0.05) is 17.1 Å². The van der Waals surface area contributed by atoms with Gasteiger partial charge in [0.2, 0.25) is 5.91 Å². The van der Waals surface area contributed by atoms with Crippen LogP contribution in [0, 0.1) is 0 Å². The van der Waals surface area contributed by atoms with Crippen LogP contribution >= 0.6 is 11.3 Å². The van der Waals surface area contributed by atoms with Crippen LogP contribution in [-0.2, 0) is 16.0 Å². The molecular weight excluding hydrogens is 454 g/mol. The van der Waals surface area contributed by atoms with Crippen molar-refractivity contribution >= 4 is 40.6 Å². The lowest BCUT2D eigenvalue weighted by Crippen LogP contribution is -2.39. The van der Waals surface area contributed by atoms with Crippen molar-refractivity contribution in [2.24, 2.45) is 0 Å². The number of carbonyl (C=O) groups excluding carboxylic acids is 3. The molecule has 1 atom stereocenters. The van der Waals surface area contributed by atoms with E-state index >= 15 is 0 Å². The summed E-state index contributed by atoms with van der Waals surface area (Å²) in [5, 5.41) is 4.77. The summed E-state index contributed by atoms with van der Waals surface area (Å²) in [6.07, 6.45) is 0.456. The molecule has 1 saturated heterocycles. The van der Waals surface area contributed by atoms with E-state index in [4.69, 9.17) is 9.47 Å². The number of anilines is 2. The van der Waals surface area contributed by atoms with E-state index in [-0.39, 0.29) is 12.3 Å². The third kappa shape index (κ3) is 5.04. The molecule has 0 saturated carbocycles. The van der Waals surface area contributed by atoms with Crippen LogP contribution in [0.5, 0.6) is 11.5 Å². The Kier molecular flexibility index (Phi) is 7.12. The second-order valence-corrected chi connectivity index (χ2v) is 8.71. The molecule has 0 bridgehead atoms. The van der Waals surface area contributed by atoms with Gasteiger partial charge in [-0.2, -0.15) is 0 Å². The maximum Gasteiger partial charge on any atom is 0.332 e. The molecule has 1 fully saturated rings. The number of hydrogen-bond acceptors (Lipinski definition) is 6. The summed E-state index contributed by atoms with van der Waals surface area (Å²) in [5.41, 5.74) is 1.02. The van der Waals surface area contributed by atoms with Crippen LogP contribution in [0.25, 0.3) is 0 Å². The van der Waals surface area contributed by atoms with Gasteiger partial charge in [-0.3, -0.25) is 9.59 Å². The van der Waals surface area contributed by atoms with E-state index in [1.165, 1.54) is 4.90 Å².